The Hall–Kier alpha value is -0.250. The number of ether oxygens (including phenoxy) is 1. The van der Waals surface area contributed by atoms with Crippen LogP contribution in [0.25, 0.3) is 10.7 Å². The summed E-state index contributed by atoms with van der Waals surface area (Å²) in [5, 5.41) is 5.38. The van der Waals surface area contributed by atoms with Gasteiger partial charge in [0, 0.05) is 18.1 Å². The Kier molecular flexibility index (Phi) is 6.19. The number of anilines is 1. The van der Waals surface area contributed by atoms with Crippen LogP contribution in [0.1, 0.15) is 19.0 Å². The Morgan fingerprint density at radius 1 is 1.45 bits per heavy atom. The van der Waals surface area contributed by atoms with Crippen LogP contribution in [0, 0.1) is 3.57 Å². The lowest BCUT2D eigenvalue weighted by Gasteiger charge is -2.12. The van der Waals surface area contributed by atoms with Crippen molar-refractivity contribution in [3.05, 3.63) is 25.2 Å². The molecule has 20 heavy (non-hydrogen) atoms. The van der Waals surface area contributed by atoms with E-state index in [1.165, 1.54) is 0 Å². The summed E-state index contributed by atoms with van der Waals surface area (Å²) in [6.07, 6.45) is 1.05. The molecule has 0 saturated carbocycles. The average Bonchev–Trinajstić information content (AvgIpc) is 2.86. The summed E-state index contributed by atoms with van der Waals surface area (Å²) in [6.45, 7) is 3.51. The normalized spacial score (nSPS) is 10.8. The molecule has 0 unspecified atom stereocenters. The lowest BCUT2D eigenvalue weighted by molar-refractivity contribution is 0.181. The minimum Gasteiger partial charge on any atom is -0.378 e. The Balaban J connectivity index is 2.46. The summed E-state index contributed by atoms with van der Waals surface area (Å²) in [5.41, 5.74) is 0.914. The molecular formula is C13H15BrIN3OS. The summed E-state index contributed by atoms with van der Waals surface area (Å²) in [4.78, 5) is 10.3. The molecule has 0 aliphatic rings. The van der Waals surface area contributed by atoms with Gasteiger partial charge in [0.05, 0.1) is 20.7 Å². The molecule has 0 atom stereocenters. The molecule has 2 aromatic rings. The van der Waals surface area contributed by atoms with Gasteiger partial charge in [0.2, 0.25) is 0 Å². The molecule has 0 radical (unpaired) electrons. The van der Waals surface area contributed by atoms with E-state index in [1.54, 1.807) is 18.4 Å². The predicted molar refractivity (Wildman–Crippen MR) is 95.3 cm³/mol. The second-order valence-electron chi connectivity index (χ2n) is 4.11. The molecule has 2 aromatic heterocycles. The molecule has 0 amide bonds. The average molecular weight is 468 g/mol. The van der Waals surface area contributed by atoms with Gasteiger partial charge in [0.15, 0.2) is 5.82 Å². The first-order valence-corrected chi connectivity index (χ1v) is 8.95. The van der Waals surface area contributed by atoms with Gasteiger partial charge in [-0.1, -0.05) is 6.92 Å². The maximum absolute atomic E-state index is 5.24. The van der Waals surface area contributed by atoms with Crippen LogP contribution >= 0.6 is 49.9 Å². The van der Waals surface area contributed by atoms with Gasteiger partial charge < -0.3 is 10.1 Å². The first-order valence-electron chi connectivity index (χ1n) is 6.20. The summed E-state index contributed by atoms with van der Waals surface area (Å²) >= 11 is 7.44. The number of halogens is 2. The van der Waals surface area contributed by atoms with Crippen molar-refractivity contribution in [2.24, 2.45) is 0 Å². The first kappa shape index (κ1) is 16.1. The fourth-order valence-corrected chi connectivity index (χ4v) is 3.71. The van der Waals surface area contributed by atoms with Crippen LogP contribution in [-0.2, 0) is 11.3 Å². The number of thiophene rings is 1. The zero-order valence-corrected chi connectivity index (χ0v) is 15.8. The molecule has 0 aliphatic heterocycles. The van der Waals surface area contributed by atoms with Crippen LogP contribution < -0.4 is 5.32 Å². The molecule has 0 saturated heterocycles. The van der Waals surface area contributed by atoms with E-state index in [4.69, 9.17) is 4.74 Å². The summed E-state index contributed by atoms with van der Waals surface area (Å²) < 4.78 is 7.28. The van der Waals surface area contributed by atoms with E-state index in [0.29, 0.717) is 6.61 Å². The highest BCUT2D eigenvalue weighted by molar-refractivity contribution is 14.1. The Morgan fingerprint density at radius 2 is 2.25 bits per heavy atom. The van der Waals surface area contributed by atoms with Crippen LogP contribution in [0.15, 0.2) is 15.9 Å². The molecule has 2 heterocycles. The third-order valence-electron chi connectivity index (χ3n) is 2.56. The van der Waals surface area contributed by atoms with Crippen molar-refractivity contribution >= 4 is 55.7 Å². The molecule has 0 spiro atoms. The van der Waals surface area contributed by atoms with Gasteiger partial charge >= 0.3 is 0 Å². The topological polar surface area (TPSA) is 47.0 Å². The third kappa shape index (κ3) is 3.69. The molecule has 2 rings (SSSR count). The lowest BCUT2D eigenvalue weighted by Crippen LogP contribution is -2.09. The number of hydrogen-bond donors (Lipinski definition) is 1. The van der Waals surface area contributed by atoms with Crippen molar-refractivity contribution < 1.29 is 4.74 Å². The van der Waals surface area contributed by atoms with Gasteiger partial charge in [0.1, 0.15) is 5.82 Å². The smallest absolute Gasteiger partial charge is 0.173 e. The van der Waals surface area contributed by atoms with Crippen LogP contribution in [0.2, 0.25) is 0 Å². The Bertz CT molecular complexity index is 591. The van der Waals surface area contributed by atoms with Gasteiger partial charge in [-0.25, -0.2) is 9.97 Å². The van der Waals surface area contributed by atoms with E-state index in [1.807, 2.05) is 11.4 Å². The number of hydrogen-bond acceptors (Lipinski definition) is 5. The second kappa shape index (κ2) is 7.67. The highest BCUT2D eigenvalue weighted by atomic mass is 127. The molecule has 108 valence electrons. The molecule has 0 aliphatic carbocycles. The lowest BCUT2D eigenvalue weighted by atomic mass is 10.3. The first-order chi connectivity index (χ1) is 9.67. The van der Waals surface area contributed by atoms with E-state index >= 15 is 0 Å². The summed E-state index contributed by atoms with van der Waals surface area (Å²) in [5.74, 6) is 1.61. The summed E-state index contributed by atoms with van der Waals surface area (Å²) in [6, 6.07) is 2.01. The molecule has 0 bridgehead atoms. The fraction of sp³-hybridized carbons (Fsp3) is 0.385. The number of aromatic nitrogens is 2. The molecule has 7 heteroatoms. The van der Waals surface area contributed by atoms with E-state index in [2.05, 4.69) is 60.7 Å². The van der Waals surface area contributed by atoms with Crippen molar-refractivity contribution in [2.45, 2.75) is 20.0 Å². The SMILES string of the molecule is CCCNc1nc(-c2sccc2Br)nc(COC)c1I. The highest BCUT2D eigenvalue weighted by Crippen LogP contribution is 2.33. The highest BCUT2D eigenvalue weighted by Gasteiger charge is 2.15. The van der Waals surface area contributed by atoms with Crippen molar-refractivity contribution in [3.63, 3.8) is 0 Å². The van der Waals surface area contributed by atoms with Gasteiger partial charge in [-0.15, -0.1) is 11.3 Å². The molecule has 4 nitrogen and oxygen atoms in total. The Labute approximate surface area is 144 Å². The Morgan fingerprint density at radius 3 is 2.85 bits per heavy atom. The van der Waals surface area contributed by atoms with E-state index in [-0.39, 0.29) is 0 Å². The molecule has 0 fully saturated rings. The number of nitrogens with zero attached hydrogens (tertiary/aromatic N) is 2. The zero-order valence-electron chi connectivity index (χ0n) is 11.2. The van der Waals surface area contributed by atoms with Crippen LogP contribution in [-0.4, -0.2) is 23.6 Å². The minimum absolute atomic E-state index is 0.484. The van der Waals surface area contributed by atoms with Crippen molar-refractivity contribution in [1.82, 2.24) is 9.97 Å². The largest absolute Gasteiger partial charge is 0.378 e. The van der Waals surface area contributed by atoms with Gasteiger partial charge in [-0.2, -0.15) is 0 Å². The number of methoxy groups -OCH3 is 1. The standard InChI is InChI=1S/C13H15BrIN3OS/c1-3-5-16-12-10(15)9(7-19-2)17-13(18-12)11-8(14)4-6-20-11/h4,6H,3,5,7H2,1-2H3,(H,16,17,18). The van der Waals surface area contributed by atoms with Crippen LogP contribution in [0.3, 0.4) is 0 Å². The van der Waals surface area contributed by atoms with Gasteiger partial charge in [-0.05, 0) is 56.4 Å². The van der Waals surface area contributed by atoms with Crippen molar-refractivity contribution in [2.75, 3.05) is 19.0 Å². The maximum Gasteiger partial charge on any atom is 0.173 e. The van der Waals surface area contributed by atoms with Gasteiger partial charge in [0.25, 0.3) is 0 Å². The number of nitrogens with one attached hydrogen (secondary N) is 1. The summed E-state index contributed by atoms with van der Waals surface area (Å²) in [7, 11) is 1.68. The van der Waals surface area contributed by atoms with Crippen molar-refractivity contribution in [1.29, 1.82) is 0 Å². The molecule has 0 aromatic carbocycles. The third-order valence-corrected chi connectivity index (χ3v) is 5.53. The zero-order chi connectivity index (χ0) is 14.5. The molecular weight excluding hydrogens is 453 g/mol. The predicted octanol–water partition coefficient (Wildman–Crippen LogP) is 4.54. The van der Waals surface area contributed by atoms with E-state index < -0.39 is 0 Å². The maximum atomic E-state index is 5.24. The minimum atomic E-state index is 0.484. The van der Waals surface area contributed by atoms with Crippen LogP contribution in [0.5, 0.6) is 0 Å². The van der Waals surface area contributed by atoms with E-state index in [9.17, 15) is 0 Å². The second-order valence-corrected chi connectivity index (χ2v) is 6.96. The van der Waals surface area contributed by atoms with Crippen molar-refractivity contribution in [3.8, 4) is 10.7 Å². The van der Waals surface area contributed by atoms with E-state index in [0.717, 1.165) is 43.2 Å². The quantitative estimate of drug-likeness (QED) is 0.633. The monoisotopic (exact) mass is 467 g/mol. The van der Waals surface area contributed by atoms with Gasteiger partial charge in [-0.3, -0.25) is 0 Å². The van der Waals surface area contributed by atoms with Crippen LogP contribution in [0.4, 0.5) is 5.82 Å². The number of rotatable bonds is 6. The fourth-order valence-electron chi connectivity index (χ4n) is 1.64. The molecule has 1 N–H and O–H groups in total.